The molecule has 5 heteroatoms. The Morgan fingerprint density at radius 3 is 2.67 bits per heavy atom. The Bertz CT molecular complexity index is 342. The molecule has 0 atom stereocenters. The van der Waals surface area contributed by atoms with Crippen molar-refractivity contribution in [2.45, 2.75) is 6.61 Å². The van der Waals surface area contributed by atoms with Crippen LogP contribution in [0.3, 0.4) is 0 Å². The molecule has 0 unspecified atom stereocenters. The van der Waals surface area contributed by atoms with Gasteiger partial charge < -0.3 is 19.5 Å². The fourth-order valence-electron chi connectivity index (χ4n) is 1.29. The summed E-state index contributed by atoms with van der Waals surface area (Å²) in [6.45, 7) is 1.36. The second-order valence-electron chi connectivity index (χ2n) is 3.80. The number of hydrogen-bond acceptors (Lipinski definition) is 4. The van der Waals surface area contributed by atoms with Gasteiger partial charge >= 0.3 is 6.09 Å². The molecule has 0 spiro atoms. The van der Waals surface area contributed by atoms with Crippen molar-refractivity contribution in [3.05, 3.63) is 35.9 Å². The Morgan fingerprint density at radius 1 is 1.28 bits per heavy atom. The first-order valence-electron chi connectivity index (χ1n) is 5.84. The molecule has 0 aliphatic carbocycles. The van der Waals surface area contributed by atoms with Crippen LogP contribution in [0.1, 0.15) is 5.56 Å². The Balaban J connectivity index is 2.19. The van der Waals surface area contributed by atoms with E-state index in [4.69, 9.17) is 14.6 Å². The van der Waals surface area contributed by atoms with Crippen molar-refractivity contribution in [2.75, 3.05) is 33.4 Å². The second-order valence-corrected chi connectivity index (χ2v) is 3.80. The first-order valence-corrected chi connectivity index (χ1v) is 5.84. The molecule has 0 aliphatic heterocycles. The summed E-state index contributed by atoms with van der Waals surface area (Å²) in [5.41, 5.74) is 0.954. The maximum Gasteiger partial charge on any atom is 0.409 e. The highest BCUT2D eigenvalue weighted by molar-refractivity contribution is 5.67. The van der Waals surface area contributed by atoms with E-state index in [9.17, 15) is 4.79 Å². The lowest BCUT2D eigenvalue weighted by Gasteiger charge is -2.16. The van der Waals surface area contributed by atoms with Gasteiger partial charge in [0.25, 0.3) is 0 Å². The topological polar surface area (TPSA) is 59.0 Å². The van der Waals surface area contributed by atoms with Gasteiger partial charge in [-0.05, 0) is 5.56 Å². The number of aliphatic hydroxyl groups excluding tert-OH is 1. The smallest absolute Gasteiger partial charge is 0.409 e. The molecule has 18 heavy (non-hydrogen) atoms. The maximum atomic E-state index is 11.6. The summed E-state index contributed by atoms with van der Waals surface area (Å²) >= 11 is 0. The van der Waals surface area contributed by atoms with Crippen LogP contribution in [0.5, 0.6) is 0 Å². The fraction of sp³-hybridized carbons (Fsp3) is 0.462. The maximum absolute atomic E-state index is 11.6. The van der Waals surface area contributed by atoms with E-state index >= 15 is 0 Å². The summed E-state index contributed by atoms with van der Waals surface area (Å²) in [7, 11) is 1.65. The number of amides is 1. The molecule has 1 amide bonds. The van der Waals surface area contributed by atoms with Gasteiger partial charge in [0, 0.05) is 13.6 Å². The standard InChI is InChI=1S/C13H19NO4/c1-14(7-9-17-10-8-15)13(16)18-11-12-5-3-2-4-6-12/h2-6,15H,7-11H2,1H3. The van der Waals surface area contributed by atoms with Gasteiger partial charge in [-0.25, -0.2) is 4.79 Å². The summed E-state index contributed by atoms with van der Waals surface area (Å²) in [6, 6.07) is 9.51. The SMILES string of the molecule is CN(CCOCCO)C(=O)OCc1ccccc1. The zero-order chi connectivity index (χ0) is 13.2. The van der Waals surface area contributed by atoms with Gasteiger partial charge in [-0.15, -0.1) is 0 Å². The summed E-state index contributed by atoms with van der Waals surface area (Å²) in [6.07, 6.45) is -0.383. The molecule has 0 aromatic heterocycles. The molecule has 1 N–H and O–H groups in total. The van der Waals surface area contributed by atoms with E-state index in [1.807, 2.05) is 30.3 Å². The molecule has 0 aliphatic rings. The van der Waals surface area contributed by atoms with Gasteiger partial charge in [0.05, 0.1) is 19.8 Å². The van der Waals surface area contributed by atoms with Crippen molar-refractivity contribution in [3.63, 3.8) is 0 Å². The highest BCUT2D eigenvalue weighted by Crippen LogP contribution is 2.02. The van der Waals surface area contributed by atoms with Gasteiger partial charge in [-0.3, -0.25) is 0 Å². The van der Waals surface area contributed by atoms with E-state index < -0.39 is 0 Å². The summed E-state index contributed by atoms with van der Waals surface area (Å²) in [4.78, 5) is 13.0. The molecule has 100 valence electrons. The van der Waals surface area contributed by atoms with Crippen LogP contribution in [0.4, 0.5) is 4.79 Å². The van der Waals surface area contributed by atoms with Crippen LogP contribution in [0, 0.1) is 0 Å². The number of ether oxygens (including phenoxy) is 2. The minimum Gasteiger partial charge on any atom is -0.445 e. The third kappa shape index (κ3) is 5.65. The zero-order valence-corrected chi connectivity index (χ0v) is 10.5. The van der Waals surface area contributed by atoms with Crippen LogP contribution < -0.4 is 0 Å². The van der Waals surface area contributed by atoms with Crippen molar-refractivity contribution < 1.29 is 19.4 Å². The number of benzene rings is 1. The van der Waals surface area contributed by atoms with Crippen molar-refractivity contribution >= 4 is 6.09 Å². The Labute approximate surface area is 107 Å². The Hall–Kier alpha value is -1.59. The summed E-state index contributed by atoms with van der Waals surface area (Å²) in [5.74, 6) is 0. The number of likely N-dealkylation sites (N-methyl/N-ethyl adjacent to an activating group) is 1. The average Bonchev–Trinajstić information content (AvgIpc) is 2.42. The van der Waals surface area contributed by atoms with Crippen LogP contribution >= 0.6 is 0 Å². The Morgan fingerprint density at radius 2 is 2.00 bits per heavy atom. The van der Waals surface area contributed by atoms with E-state index in [-0.39, 0.29) is 25.9 Å². The predicted molar refractivity (Wildman–Crippen MR) is 67.2 cm³/mol. The molecule has 1 aromatic rings. The minimum atomic E-state index is -0.383. The third-order valence-corrected chi connectivity index (χ3v) is 2.32. The lowest BCUT2D eigenvalue weighted by molar-refractivity contribution is 0.0653. The van der Waals surface area contributed by atoms with E-state index in [2.05, 4.69) is 0 Å². The molecule has 0 heterocycles. The lowest BCUT2D eigenvalue weighted by Crippen LogP contribution is -2.30. The van der Waals surface area contributed by atoms with Crippen LogP contribution in [-0.2, 0) is 16.1 Å². The van der Waals surface area contributed by atoms with Crippen LogP contribution in [0.2, 0.25) is 0 Å². The number of hydrogen-bond donors (Lipinski definition) is 1. The first-order chi connectivity index (χ1) is 8.74. The van der Waals surface area contributed by atoms with E-state index in [0.717, 1.165) is 5.56 Å². The predicted octanol–water partition coefficient (Wildman–Crippen LogP) is 1.26. The number of aliphatic hydroxyl groups is 1. The van der Waals surface area contributed by atoms with Gasteiger partial charge in [-0.2, -0.15) is 0 Å². The minimum absolute atomic E-state index is 0.0117. The van der Waals surface area contributed by atoms with Gasteiger partial charge in [-0.1, -0.05) is 30.3 Å². The monoisotopic (exact) mass is 253 g/mol. The normalized spacial score (nSPS) is 10.1. The average molecular weight is 253 g/mol. The quantitative estimate of drug-likeness (QED) is 0.743. The number of carbonyl (C=O) groups is 1. The van der Waals surface area contributed by atoms with Gasteiger partial charge in [0.2, 0.25) is 0 Å². The second kappa shape index (κ2) is 8.49. The molecular formula is C13H19NO4. The van der Waals surface area contributed by atoms with Gasteiger partial charge in [0.15, 0.2) is 0 Å². The van der Waals surface area contributed by atoms with Crippen molar-refractivity contribution in [1.29, 1.82) is 0 Å². The van der Waals surface area contributed by atoms with Gasteiger partial charge in [0.1, 0.15) is 6.61 Å². The first kappa shape index (κ1) is 14.5. The largest absolute Gasteiger partial charge is 0.445 e. The third-order valence-electron chi connectivity index (χ3n) is 2.32. The molecule has 1 rings (SSSR count). The number of carbonyl (C=O) groups excluding carboxylic acids is 1. The highest BCUT2D eigenvalue weighted by Gasteiger charge is 2.09. The molecule has 0 bridgehead atoms. The van der Waals surface area contributed by atoms with Crippen LogP contribution in [-0.4, -0.2) is 49.5 Å². The van der Waals surface area contributed by atoms with E-state index in [1.54, 1.807) is 7.05 Å². The molecule has 0 radical (unpaired) electrons. The highest BCUT2D eigenvalue weighted by atomic mass is 16.6. The molecule has 0 saturated carbocycles. The van der Waals surface area contributed by atoms with Crippen molar-refractivity contribution in [2.24, 2.45) is 0 Å². The fourth-order valence-corrected chi connectivity index (χ4v) is 1.29. The molecule has 5 nitrogen and oxygen atoms in total. The van der Waals surface area contributed by atoms with Crippen molar-refractivity contribution in [1.82, 2.24) is 4.90 Å². The number of nitrogens with zero attached hydrogens (tertiary/aromatic N) is 1. The molecule has 0 fully saturated rings. The van der Waals surface area contributed by atoms with Crippen LogP contribution in [0.15, 0.2) is 30.3 Å². The molecular weight excluding hydrogens is 234 g/mol. The zero-order valence-electron chi connectivity index (χ0n) is 10.5. The lowest BCUT2D eigenvalue weighted by atomic mass is 10.2. The summed E-state index contributed by atoms with van der Waals surface area (Å²) in [5, 5.41) is 8.52. The summed E-state index contributed by atoms with van der Waals surface area (Å²) < 4.78 is 10.2. The van der Waals surface area contributed by atoms with Crippen LogP contribution in [0.25, 0.3) is 0 Å². The molecule has 1 aromatic carbocycles. The van der Waals surface area contributed by atoms with E-state index in [1.165, 1.54) is 4.90 Å². The Kier molecular flexibility index (Phi) is 6.83. The number of rotatable bonds is 7. The van der Waals surface area contributed by atoms with E-state index in [0.29, 0.717) is 13.2 Å². The van der Waals surface area contributed by atoms with Crippen molar-refractivity contribution in [3.8, 4) is 0 Å². The molecule has 0 saturated heterocycles.